The second-order valence-corrected chi connectivity index (χ2v) is 5.34. The molecule has 3 nitrogen and oxygen atoms in total. The molecule has 1 aliphatic carbocycles. The summed E-state index contributed by atoms with van der Waals surface area (Å²) in [7, 11) is 0. The lowest BCUT2D eigenvalue weighted by molar-refractivity contribution is -0.138. The number of carbonyl (C=O) groups is 1. The van der Waals surface area contributed by atoms with E-state index in [1.165, 1.54) is 12.8 Å². The number of rotatable bonds is 6. The number of carbonyl (C=O) groups excluding carboxylic acids is 1. The van der Waals surface area contributed by atoms with Gasteiger partial charge in [-0.1, -0.05) is 19.4 Å². The van der Waals surface area contributed by atoms with Crippen molar-refractivity contribution in [3.63, 3.8) is 0 Å². The normalized spacial score (nSPS) is 28.1. The first-order valence-corrected chi connectivity index (χ1v) is 6.90. The predicted molar refractivity (Wildman–Crippen MR) is 69.8 cm³/mol. The molecule has 0 spiro atoms. The highest BCUT2D eigenvalue weighted by Crippen LogP contribution is 2.33. The zero-order valence-corrected chi connectivity index (χ0v) is 10.9. The van der Waals surface area contributed by atoms with Crippen LogP contribution in [0.25, 0.3) is 0 Å². The van der Waals surface area contributed by atoms with Crippen molar-refractivity contribution in [1.29, 1.82) is 0 Å². The minimum Gasteiger partial charge on any atom is -0.334 e. The van der Waals surface area contributed by atoms with Gasteiger partial charge in [-0.2, -0.15) is 0 Å². The number of nitrogens with zero attached hydrogens (tertiary/aromatic N) is 1. The molecule has 0 aromatic heterocycles. The third kappa shape index (κ3) is 2.54. The highest BCUT2D eigenvalue weighted by Gasteiger charge is 2.45. The first-order valence-electron chi connectivity index (χ1n) is 6.90. The molecule has 2 aliphatic rings. The Morgan fingerprint density at radius 3 is 2.82 bits per heavy atom. The molecule has 1 saturated carbocycles. The zero-order valence-electron chi connectivity index (χ0n) is 10.9. The van der Waals surface area contributed by atoms with Crippen LogP contribution in [-0.4, -0.2) is 35.5 Å². The molecule has 0 radical (unpaired) electrons. The fraction of sp³-hybridized carbons (Fsp3) is 0.786. The molecule has 1 saturated heterocycles. The van der Waals surface area contributed by atoms with E-state index >= 15 is 0 Å². The Labute approximate surface area is 104 Å². The summed E-state index contributed by atoms with van der Waals surface area (Å²) in [5, 5.41) is 3.47. The van der Waals surface area contributed by atoms with E-state index in [2.05, 4.69) is 18.8 Å². The van der Waals surface area contributed by atoms with E-state index < -0.39 is 0 Å². The Morgan fingerprint density at radius 2 is 2.35 bits per heavy atom. The summed E-state index contributed by atoms with van der Waals surface area (Å²) >= 11 is 0. The Balaban J connectivity index is 2.10. The molecule has 2 fully saturated rings. The quantitative estimate of drug-likeness (QED) is 0.716. The highest BCUT2D eigenvalue weighted by molar-refractivity contribution is 5.87. The molecule has 0 bridgehead atoms. The van der Waals surface area contributed by atoms with Gasteiger partial charge in [0, 0.05) is 12.6 Å². The van der Waals surface area contributed by atoms with E-state index in [4.69, 9.17) is 0 Å². The van der Waals surface area contributed by atoms with E-state index in [0.29, 0.717) is 18.5 Å². The second-order valence-electron chi connectivity index (χ2n) is 5.34. The van der Waals surface area contributed by atoms with Crippen molar-refractivity contribution >= 4 is 5.91 Å². The molecule has 1 aliphatic heterocycles. The van der Waals surface area contributed by atoms with Crippen LogP contribution in [0.5, 0.6) is 0 Å². The molecule has 1 unspecified atom stereocenters. The van der Waals surface area contributed by atoms with Crippen molar-refractivity contribution in [3.05, 3.63) is 12.7 Å². The fourth-order valence-corrected chi connectivity index (χ4v) is 2.93. The average molecular weight is 236 g/mol. The van der Waals surface area contributed by atoms with Crippen LogP contribution in [0, 0.1) is 0 Å². The van der Waals surface area contributed by atoms with Crippen LogP contribution in [0.15, 0.2) is 12.7 Å². The smallest absolute Gasteiger partial charge is 0.243 e. The van der Waals surface area contributed by atoms with Gasteiger partial charge in [-0.05, 0) is 38.6 Å². The lowest BCUT2D eigenvalue weighted by Gasteiger charge is -2.34. The van der Waals surface area contributed by atoms with Gasteiger partial charge in [0.15, 0.2) is 0 Å². The summed E-state index contributed by atoms with van der Waals surface area (Å²) in [6.45, 7) is 7.62. The molecule has 0 aromatic carbocycles. The maximum absolute atomic E-state index is 12.7. The summed E-state index contributed by atoms with van der Waals surface area (Å²) in [6.07, 6.45) is 8.34. The molecular weight excluding hydrogens is 212 g/mol. The Bertz CT molecular complexity index is 291. The van der Waals surface area contributed by atoms with Gasteiger partial charge < -0.3 is 10.2 Å². The van der Waals surface area contributed by atoms with Crippen LogP contribution in [0.4, 0.5) is 0 Å². The van der Waals surface area contributed by atoms with Crippen molar-refractivity contribution in [2.45, 2.75) is 57.0 Å². The zero-order chi connectivity index (χ0) is 12.3. The molecule has 96 valence electrons. The van der Waals surface area contributed by atoms with E-state index in [9.17, 15) is 4.79 Å². The van der Waals surface area contributed by atoms with Crippen LogP contribution in [-0.2, 0) is 4.79 Å². The van der Waals surface area contributed by atoms with Crippen LogP contribution in [0.2, 0.25) is 0 Å². The Morgan fingerprint density at radius 1 is 1.59 bits per heavy atom. The molecule has 17 heavy (non-hydrogen) atoms. The van der Waals surface area contributed by atoms with Crippen LogP contribution in [0.3, 0.4) is 0 Å². The van der Waals surface area contributed by atoms with Gasteiger partial charge in [0.2, 0.25) is 5.91 Å². The van der Waals surface area contributed by atoms with Gasteiger partial charge in [-0.3, -0.25) is 4.79 Å². The summed E-state index contributed by atoms with van der Waals surface area (Å²) < 4.78 is 0. The largest absolute Gasteiger partial charge is 0.334 e. The summed E-state index contributed by atoms with van der Waals surface area (Å²) in [6, 6.07) is 0.483. The molecule has 1 N–H and O–H groups in total. The highest BCUT2D eigenvalue weighted by atomic mass is 16.2. The average Bonchev–Trinajstić information content (AvgIpc) is 3.06. The van der Waals surface area contributed by atoms with Crippen LogP contribution in [0.1, 0.15) is 45.4 Å². The standard InChI is InChI=1S/C14H24N2O/c1-3-8-14(9-5-10-15-14)13(17)16(11-4-2)12-6-7-12/h4,12,15H,2-3,5-11H2,1H3. The Kier molecular flexibility index (Phi) is 3.87. The van der Waals surface area contributed by atoms with Crippen LogP contribution < -0.4 is 5.32 Å². The number of hydrogen-bond acceptors (Lipinski definition) is 2. The van der Waals surface area contributed by atoms with Crippen molar-refractivity contribution in [2.75, 3.05) is 13.1 Å². The fourth-order valence-electron chi connectivity index (χ4n) is 2.93. The van der Waals surface area contributed by atoms with Gasteiger partial charge >= 0.3 is 0 Å². The van der Waals surface area contributed by atoms with Gasteiger partial charge in [0.1, 0.15) is 0 Å². The van der Waals surface area contributed by atoms with Gasteiger partial charge in [0.05, 0.1) is 5.54 Å². The van der Waals surface area contributed by atoms with Crippen molar-refractivity contribution in [3.8, 4) is 0 Å². The molecule has 0 aromatic rings. The SMILES string of the molecule is C=CCN(C(=O)C1(CCC)CCCN1)C1CC1. The van der Waals surface area contributed by atoms with Gasteiger partial charge in [-0.25, -0.2) is 0 Å². The molecule has 3 heteroatoms. The summed E-state index contributed by atoms with van der Waals surface area (Å²) in [5.41, 5.74) is -0.264. The van der Waals surface area contributed by atoms with Gasteiger partial charge in [0.25, 0.3) is 0 Å². The van der Waals surface area contributed by atoms with E-state index in [1.54, 1.807) is 0 Å². The topological polar surface area (TPSA) is 32.3 Å². The van der Waals surface area contributed by atoms with Crippen molar-refractivity contribution in [2.24, 2.45) is 0 Å². The van der Waals surface area contributed by atoms with Gasteiger partial charge in [-0.15, -0.1) is 6.58 Å². The lowest BCUT2D eigenvalue weighted by atomic mass is 9.90. The molecular formula is C14H24N2O. The molecule has 1 amide bonds. The number of hydrogen-bond donors (Lipinski definition) is 1. The first kappa shape index (κ1) is 12.6. The van der Waals surface area contributed by atoms with Crippen LogP contribution >= 0.6 is 0 Å². The maximum Gasteiger partial charge on any atom is 0.243 e. The minimum atomic E-state index is -0.264. The molecule has 2 rings (SSSR count). The van der Waals surface area contributed by atoms with Crippen molar-refractivity contribution in [1.82, 2.24) is 10.2 Å². The predicted octanol–water partition coefficient (Wildman–Crippen LogP) is 2.09. The molecule has 1 heterocycles. The summed E-state index contributed by atoms with van der Waals surface area (Å²) in [4.78, 5) is 14.8. The number of nitrogens with one attached hydrogen (secondary N) is 1. The first-order chi connectivity index (χ1) is 8.23. The van der Waals surface area contributed by atoms with Crippen molar-refractivity contribution < 1.29 is 4.79 Å². The number of amides is 1. The monoisotopic (exact) mass is 236 g/mol. The summed E-state index contributed by atoms with van der Waals surface area (Å²) in [5.74, 6) is 0.319. The third-order valence-electron chi connectivity index (χ3n) is 3.90. The van der Waals surface area contributed by atoms with E-state index in [1.807, 2.05) is 11.0 Å². The van der Waals surface area contributed by atoms with E-state index in [-0.39, 0.29) is 5.54 Å². The minimum absolute atomic E-state index is 0.264. The van der Waals surface area contributed by atoms with E-state index in [0.717, 1.165) is 32.2 Å². The second kappa shape index (κ2) is 5.21. The lowest BCUT2D eigenvalue weighted by Crippen LogP contribution is -2.55. The third-order valence-corrected chi connectivity index (χ3v) is 3.90. The maximum atomic E-state index is 12.7. The Hall–Kier alpha value is -0.830. The molecule has 1 atom stereocenters.